The van der Waals surface area contributed by atoms with Crippen LogP contribution in [0, 0.1) is 5.92 Å². The van der Waals surface area contributed by atoms with E-state index < -0.39 is 28.5 Å². The van der Waals surface area contributed by atoms with E-state index in [2.05, 4.69) is 20.4 Å². The number of nitrogens with one attached hydrogen (secondary N) is 3. The van der Waals surface area contributed by atoms with Crippen molar-refractivity contribution in [3.63, 3.8) is 0 Å². The number of ether oxygens (including phenoxy) is 1. The molecule has 1 aromatic carbocycles. The van der Waals surface area contributed by atoms with Crippen LogP contribution in [0.2, 0.25) is 0 Å². The summed E-state index contributed by atoms with van der Waals surface area (Å²) >= 11 is 1.44. The summed E-state index contributed by atoms with van der Waals surface area (Å²) in [6.45, 7) is 5.90. The number of aromatic nitrogens is 1. The number of amides is 2. The molecule has 1 heterocycles. The van der Waals surface area contributed by atoms with E-state index in [-0.39, 0.29) is 17.5 Å². The normalized spacial score (nSPS) is 13.3. The third-order valence-electron chi connectivity index (χ3n) is 4.69. The monoisotopic (exact) mass is 498 g/mol. The second-order valence-electron chi connectivity index (χ2n) is 7.89. The van der Waals surface area contributed by atoms with Crippen molar-refractivity contribution in [2.24, 2.45) is 5.92 Å². The summed E-state index contributed by atoms with van der Waals surface area (Å²) < 4.78 is 37.5. The highest BCUT2D eigenvalue weighted by Gasteiger charge is 2.26. The Labute approximate surface area is 198 Å². The lowest BCUT2D eigenvalue weighted by atomic mass is 10.0. The number of carbonyl (C=O) groups excluding carboxylic acids is 2. The van der Waals surface area contributed by atoms with Crippen LogP contribution in [-0.2, 0) is 32.7 Å². The van der Waals surface area contributed by atoms with Crippen LogP contribution in [0.1, 0.15) is 49.5 Å². The zero-order chi connectivity index (χ0) is 24.6. The quantitative estimate of drug-likeness (QED) is 0.348. The summed E-state index contributed by atoms with van der Waals surface area (Å²) in [5.41, 5.74) is 1.94. The molecule has 10 nitrogen and oxygen atoms in total. The standard InChI is InChI=1S/C21H30N4O6S2/c1-5-15-12-32-20(22-15)18(11-14-6-8-16(9-7-14)25-33(28,29)30)23-19(26)17(10-13(2)3)24-21(27)31-4/h6-9,12-13,17-18,25H,5,10-11H2,1-4H3,(H,23,26)(H,24,27)(H,28,29,30)/t17-,18-/m0/s1. The number of hydrogen-bond acceptors (Lipinski definition) is 7. The highest BCUT2D eigenvalue weighted by molar-refractivity contribution is 7.87. The average molecular weight is 499 g/mol. The number of nitrogens with zero attached hydrogens (tertiary/aromatic N) is 1. The molecule has 4 N–H and O–H groups in total. The zero-order valence-electron chi connectivity index (χ0n) is 19.0. The summed E-state index contributed by atoms with van der Waals surface area (Å²) in [4.78, 5) is 29.4. The molecule has 0 bridgehead atoms. The van der Waals surface area contributed by atoms with E-state index in [9.17, 15) is 18.0 Å². The van der Waals surface area contributed by atoms with E-state index in [1.165, 1.54) is 30.6 Å². The molecule has 0 radical (unpaired) electrons. The van der Waals surface area contributed by atoms with E-state index in [1.54, 1.807) is 12.1 Å². The molecule has 0 aliphatic carbocycles. The molecule has 0 aliphatic rings. The minimum absolute atomic E-state index is 0.158. The molecule has 0 spiro atoms. The molecule has 1 aromatic heterocycles. The highest BCUT2D eigenvalue weighted by Crippen LogP contribution is 2.24. The first kappa shape index (κ1) is 26.6. The van der Waals surface area contributed by atoms with Crippen molar-refractivity contribution in [3.8, 4) is 0 Å². The molecule has 2 amide bonds. The van der Waals surface area contributed by atoms with E-state index in [4.69, 9.17) is 4.55 Å². The van der Waals surface area contributed by atoms with Gasteiger partial charge in [-0.15, -0.1) is 11.3 Å². The van der Waals surface area contributed by atoms with Crippen molar-refractivity contribution >= 4 is 39.3 Å². The molecule has 2 rings (SSSR count). The molecule has 182 valence electrons. The highest BCUT2D eigenvalue weighted by atomic mass is 32.2. The van der Waals surface area contributed by atoms with Gasteiger partial charge in [0.2, 0.25) is 5.91 Å². The Balaban J connectivity index is 2.24. The second kappa shape index (κ2) is 12.0. The van der Waals surface area contributed by atoms with Crippen molar-refractivity contribution < 1.29 is 27.3 Å². The molecule has 12 heteroatoms. The van der Waals surface area contributed by atoms with Crippen molar-refractivity contribution in [1.82, 2.24) is 15.6 Å². The Morgan fingerprint density at radius 2 is 1.85 bits per heavy atom. The number of alkyl carbamates (subject to hydrolysis) is 1. The Morgan fingerprint density at radius 3 is 2.36 bits per heavy atom. The molecule has 2 atom stereocenters. The smallest absolute Gasteiger partial charge is 0.407 e. The fraction of sp³-hybridized carbons (Fsp3) is 0.476. The summed E-state index contributed by atoms with van der Waals surface area (Å²) in [6, 6.07) is 5.19. The summed E-state index contributed by atoms with van der Waals surface area (Å²) in [7, 11) is -3.12. The fourth-order valence-corrected chi connectivity index (χ4v) is 4.50. The van der Waals surface area contributed by atoms with Crippen LogP contribution in [0.3, 0.4) is 0 Å². The fourth-order valence-electron chi connectivity index (χ4n) is 3.12. The van der Waals surface area contributed by atoms with Gasteiger partial charge in [0.15, 0.2) is 0 Å². The van der Waals surface area contributed by atoms with Crippen LogP contribution in [0.5, 0.6) is 0 Å². The molecule has 0 aliphatic heterocycles. The van der Waals surface area contributed by atoms with E-state index >= 15 is 0 Å². The number of anilines is 1. The Hall–Kier alpha value is -2.70. The van der Waals surface area contributed by atoms with Gasteiger partial charge in [-0.3, -0.25) is 14.1 Å². The Morgan fingerprint density at radius 1 is 1.18 bits per heavy atom. The first-order valence-electron chi connectivity index (χ1n) is 10.4. The van der Waals surface area contributed by atoms with Crippen LogP contribution in [0.25, 0.3) is 0 Å². The Bertz CT molecular complexity index is 1040. The average Bonchev–Trinajstić information content (AvgIpc) is 3.22. The maximum atomic E-state index is 13.1. The molecular weight excluding hydrogens is 468 g/mol. The molecular formula is C21H30N4O6S2. The number of rotatable bonds is 11. The lowest BCUT2D eigenvalue weighted by molar-refractivity contribution is -0.124. The third-order valence-corrected chi connectivity index (χ3v) is 6.19. The number of methoxy groups -OCH3 is 1. The maximum Gasteiger partial charge on any atom is 0.407 e. The van der Waals surface area contributed by atoms with Gasteiger partial charge in [-0.1, -0.05) is 32.9 Å². The van der Waals surface area contributed by atoms with Crippen LogP contribution in [0.15, 0.2) is 29.6 Å². The largest absolute Gasteiger partial charge is 0.453 e. The van der Waals surface area contributed by atoms with Gasteiger partial charge in [0.05, 0.1) is 24.5 Å². The summed E-state index contributed by atoms with van der Waals surface area (Å²) in [5.74, 6) is -0.192. The lowest BCUT2D eigenvalue weighted by Gasteiger charge is -2.23. The van der Waals surface area contributed by atoms with E-state index in [1.807, 2.05) is 30.9 Å². The van der Waals surface area contributed by atoms with Gasteiger partial charge in [0.25, 0.3) is 0 Å². The third kappa shape index (κ3) is 8.98. The molecule has 0 unspecified atom stereocenters. The Kier molecular flexibility index (Phi) is 9.62. The van der Waals surface area contributed by atoms with Crippen molar-refractivity contribution in [2.45, 2.75) is 52.1 Å². The van der Waals surface area contributed by atoms with Gasteiger partial charge in [-0.25, -0.2) is 9.78 Å². The topological polar surface area (TPSA) is 147 Å². The number of benzene rings is 1. The van der Waals surface area contributed by atoms with E-state index in [0.717, 1.165) is 22.7 Å². The molecule has 2 aromatic rings. The molecule has 0 fully saturated rings. The molecule has 33 heavy (non-hydrogen) atoms. The summed E-state index contributed by atoms with van der Waals surface area (Å²) in [6.07, 6.45) is 0.896. The van der Waals surface area contributed by atoms with Gasteiger partial charge in [-0.05, 0) is 42.9 Å². The van der Waals surface area contributed by atoms with Crippen molar-refractivity contribution in [1.29, 1.82) is 0 Å². The summed E-state index contributed by atoms with van der Waals surface area (Å²) in [5, 5.41) is 8.24. The molecule has 0 saturated carbocycles. The number of carbonyl (C=O) groups is 2. The van der Waals surface area contributed by atoms with Gasteiger partial charge < -0.3 is 15.4 Å². The van der Waals surface area contributed by atoms with E-state index in [0.29, 0.717) is 12.8 Å². The van der Waals surface area contributed by atoms with Crippen LogP contribution in [-0.4, -0.2) is 43.1 Å². The van der Waals surface area contributed by atoms with Crippen molar-refractivity contribution in [2.75, 3.05) is 11.8 Å². The van der Waals surface area contributed by atoms with Gasteiger partial charge >= 0.3 is 16.4 Å². The molecule has 0 saturated heterocycles. The first-order chi connectivity index (χ1) is 15.5. The first-order valence-corrected chi connectivity index (χ1v) is 12.8. The zero-order valence-corrected chi connectivity index (χ0v) is 20.6. The predicted octanol–water partition coefficient (Wildman–Crippen LogP) is 3.09. The second-order valence-corrected chi connectivity index (χ2v) is 9.93. The van der Waals surface area contributed by atoms with Gasteiger partial charge in [0, 0.05) is 5.38 Å². The van der Waals surface area contributed by atoms with Crippen LogP contribution < -0.4 is 15.4 Å². The predicted molar refractivity (Wildman–Crippen MR) is 126 cm³/mol. The minimum atomic E-state index is -4.36. The van der Waals surface area contributed by atoms with Gasteiger partial charge in [-0.2, -0.15) is 8.42 Å². The van der Waals surface area contributed by atoms with Crippen molar-refractivity contribution in [3.05, 3.63) is 45.9 Å². The van der Waals surface area contributed by atoms with Crippen LogP contribution >= 0.6 is 11.3 Å². The van der Waals surface area contributed by atoms with Crippen LogP contribution in [0.4, 0.5) is 10.5 Å². The minimum Gasteiger partial charge on any atom is -0.453 e. The number of aryl methyl sites for hydroxylation is 1. The van der Waals surface area contributed by atoms with Gasteiger partial charge in [0.1, 0.15) is 11.0 Å². The number of hydrogen-bond donors (Lipinski definition) is 4. The number of thiazole rings is 1. The maximum absolute atomic E-state index is 13.1. The lowest BCUT2D eigenvalue weighted by Crippen LogP contribution is -2.48. The SMILES string of the molecule is CCc1csc([C@H](Cc2ccc(NS(=O)(=O)O)cc2)NC(=O)[C@H](CC(C)C)NC(=O)OC)n1.